The molecule has 0 spiro atoms. The molecule has 2 N–H and O–H groups in total. The van der Waals surface area contributed by atoms with Gasteiger partial charge in [-0.1, -0.05) is 23.7 Å². The second-order valence-electron chi connectivity index (χ2n) is 4.95. The Morgan fingerprint density at radius 3 is 2.00 bits per heavy atom. The molecule has 0 amide bonds. The van der Waals surface area contributed by atoms with E-state index in [-0.39, 0.29) is 5.56 Å². The number of ether oxygens (including phenoxy) is 1. The van der Waals surface area contributed by atoms with Gasteiger partial charge in [0.15, 0.2) is 0 Å². The maximum absolute atomic E-state index is 14.1. The van der Waals surface area contributed by atoms with Crippen molar-refractivity contribution in [1.82, 2.24) is 0 Å². The van der Waals surface area contributed by atoms with Gasteiger partial charge < -0.3 is 10.5 Å². The summed E-state index contributed by atoms with van der Waals surface area (Å²) in [6.07, 6.45) is -9.67. The highest BCUT2D eigenvalue weighted by atomic mass is 35.5. The highest BCUT2D eigenvalue weighted by molar-refractivity contribution is 6.30. The Kier molecular flexibility index (Phi) is 5.19. The maximum atomic E-state index is 14.1. The van der Waals surface area contributed by atoms with Crippen LogP contribution in [0.25, 0.3) is 0 Å². The van der Waals surface area contributed by atoms with Crippen molar-refractivity contribution in [3.8, 4) is 5.75 Å². The van der Waals surface area contributed by atoms with E-state index in [9.17, 15) is 30.7 Å². The van der Waals surface area contributed by atoms with Gasteiger partial charge in [0.1, 0.15) is 11.6 Å². The number of hydrogen-bond acceptors (Lipinski definition) is 2. The standard InChI is InChI=1S/C15H9ClF7NO/c16-11-6-8(14(18,19)20)5-10(12(11)17)13(24)7-1-3-9(4-2-7)25-15(21,22)23/h1-6,13H,24H2/t13-/m0/s1. The van der Waals surface area contributed by atoms with E-state index in [0.717, 1.165) is 24.3 Å². The van der Waals surface area contributed by atoms with Gasteiger partial charge >= 0.3 is 12.5 Å². The molecule has 10 heteroatoms. The molecule has 2 nitrogen and oxygen atoms in total. The molecule has 2 aromatic rings. The molecule has 0 aliphatic rings. The minimum Gasteiger partial charge on any atom is -0.406 e. The van der Waals surface area contributed by atoms with Gasteiger partial charge in [-0.3, -0.25) is 0 Å². The minimum atomic E-state index is -4.90. The predicted molar refractivity (Wildman–Crippen MR) is 75.6 cm³/mol. The van der Waals surface area contributed by atoms with E-state index in [1.54, 1.807) is 0 Å². The number of alkyl halides is 6. The van der Waals surface area contributed by atoms with Crippen molar-refractivity contribution in [2.45, 2.75) is 18.6 Å². The number of benzene rings is 2. The van der Waals surface area contributed by atoms with Gasteiger partial charge in [0.25, 0.3) is 0 Å². The molecular weight excluding hydrogens is 379 g/mol. The first-order valence-electron chi connectivity index (χ1n) is 6.56. The van der Waals surface area contributed by atoms with Crippen molar-refractivity contribution < 1.29 is 35.5 Å². The Bertz CT molecular complexity index is 756. The molecule has 2 rings (SSSR count). The molecule has 0 saturated carbocycles. The highest BCUT2D eigenvalue weighted by Crippen LogP contribution is 2.36. The first-order valence-corrected chi connectivity index (χ1v) is 6.93. The van der Waals surface area contributed by atoms with Crippen LogP contribution in [0.5, 0.6) is 5.75 Å². The van der Waals surface area contributed by atoms with E-state index >= 15 is 0 Å². The van der Waals surface area contributed by atoms with Crippen LogP contribution in [-0.4, -0.2) is 6.36 Å². The molecular formula is C15H9ClF7NO. The number of rotatable bonds is 3. The molecule has 0 saturated heterocycles. The van der Waals surface area contributed by atoms with Gasteiger partial charge in [0.05, 0.1) is 16.6 Å². The normalized spacial score (nSPS) is 13.6. The van der Waals surface area contributed by atoms with Crippen molar-refractivity contribution in [2.24, 2.45) is 5.73 Å². The van der Waals surface area contributed by atoms with E-state index in [2.05, 4.69) is 4.74 Å². The summed E-state index contributed by atoms with van der Waals surface area (Å²) in [4.78, 5) is 0. The van der Waals surface area contributed by atoms with Crippen LogP contribution in [0.1, 0.15) is 22.7 Å². The first kappa shape index (κ1) is 19.3. The Morgan fingerprint density at radius 1 is 0.960 bits per heavy atom. The van der Waals surface area contributed by atoms with Gasteiger partial charge in [0, 0.05) is 5.56 Å². The van der Waals surface area contributed by atoms with Crippen LogP contribution in [0.3, 0.4) is 0 Å². The molecule has 0 aliphatic carbocycles. The third-order valence-corrected chi connectivity index (χ3v) is 3.47. The monoisotopic (exact) mass is 387 g/mol. The summed E-state index contributed by atoms with van der Waals surface area (Å²) in [5.74, 6) is -1.69. The van der Waals surface area contributed by atoms with Crippen LogP contribution in [-0.2, 0) is 6.18 Å². The van der Waals surface area contributed by atoms with Crippen LogP contribution >= 0.6 is 11.6 Å². The summed E-state index contributed by atoms with van der Waals surface area (Å²) in [5, 5.41) is -0.766. The van der Waals surface area contributed by atoms with E-state index in [4.69, 9.17) is 17.3 Å². The topological polar surface area (TPSA) is 35.2 Å². The van der Waals surface area contributed by atoms with Crippen molar-refractivity contribution in [1.29, 1.82) is 0 Å². The second-order valence-corrected chi connectivity index (χ2v) is 5.36. The first-order chi connectivity index (χ1) is 11.4. The summed E-state index contributed by atoms with van der Waals surface area (Å²) in [5.41, 5.74) is 4.09. The fourth-order valence-corrected chi connectivity index (χ4v) is 2.28. The van der Waals surface area contributed by atoms with Crippen LogP contribution in [0.15, 0.2) is 36.4 Å². The summed E-state index contributed by atoms with van der Waals surface area (Å²) >= 11 is 5.48. The van der Waals surface area contributed by atoms with E-state index in [1.807, 2.05) is 0 Å². The molecule has 0 unspecified atom stereocenters. The van der Waals surface area contributed by atoms with Gasteiger partial charge in [-0.25, -0.2) is 4.39 Å². The van der Waals surface area contributed by atoms with Crippen molar-refractivity contribution in [2.75, 3.05) is 0 Å². The Hall–Kier alpha value is -2.00. The molecule has 0 aromatic heterocycles. The summed E-state index contributed by atoms with van der Waals surface area (Å²) < 4.78 is 92.5. The molecule has 0 radical (unpaired) electrons. The van der Waals surface area contributed by atoms with Crippen LogP contribution in [0.2, 0.25) is 5.02 Å². The Balaban J connectivity index is 2.37. The predicted octanol–water partition coefficient (Wildman–Crippen LogP) is 5.44. The average Bonchev–Trinajstić information content (AvgIpc) is 2.47. The van der Waals surface area contributed by atoms with E-state index < -0.39 is 46.3 Å². The lowest BCUT2D eigenvalue weighted by Gasteiger charge is -2.17. The third-order valence-electron chi connectivity index (χ3n) is 3.19. The molecule has 0 fully saturated rings. The van der Waals surface area contributed by atoms with Crippen LogP contribution in [0.4, 0.5) is 30.7 Å². The van der Waals surface area contributed by atoms with Gasteiger partial charge in [-0.2, -0.15) is 13.2 Å². The van der Waals surface area contributed by atoms with E-state index in [1.165, 1.54) is 0 Å². The summed E-state index contributed by atoms with van der Waals surface area (Å²) in [6.45, 7) is 0. The molecule has 136 valence electrons. The Labute approximate surface area is 141 Å². The van der Waals surface area contributed by atoms with Crippen LogP contribution in [0, 0.1) is 5.82 Å². The quantitative estimate of drug-likeness (QED) is 0.711. The zero-order chi connectivity index (χ0) is 19.0. The smallest absolute Gasteiger partial charge is 0.406 e. The lowest BCUT2D eigenvalue weighted by atomic mass is 9.97. The minimum absolute atomic E-state index is 0.0730. The fourth-order valence-electron chi connectivity index (χ4n) is 2.06. The summed E-state index contributed by atoms with van der Waals surface area (Å²) in [7, 11) is 0. The molecule has 1 atom stereocenters. The molecule has 2 aromatic carbocycles. The lowest BCUT2D eigenvalue weighted by molar-refractivity contribution is -0.274. The molecule has 0 bridgehead atoms. The maximum Gasteiger partial charge on any atom is 0.573 e. The molecule has 0 heterocycles. The van der Waals surface area contributed by atoms with Gasteiger partial charge in [-0.15, -0.1) is 13.2 Å². The van der Waals surface area contributed by atoms with Crippen molar-refractivity contribution in [3.05, 3.63) is 63.9 Å². The molecule has 25 heavy (non-hydrogen) atoms. The SMILES string of the molecule is N[C@@H](c1ccc(OC(F)(F)F)cc1)c1cc(C(F)(F)F)cc(Cl)c1F. The highest BCUT2D eigenvalue weighted by Gasteiger charge is 2.33. The number of hydrogen-bond donors (Lipinski definition) is 1. The van der Waals surface area contributed by atoms with Crippen LogP contribution < -0.4 is 10.5 Å². The average molecular weight is 388 g/mol. The van der Waals surface area contributed by atoms with Gasteiger partial charge in [0.2, 0.25) is 0 Å². The number of nitrogens with two attached hydrogens (primary N) is 1. The molecule has 0 aliphatic heterocycles. The van der Waals surface area contributed by atoms with Crippen molar-refractivity contribution >= 4 is 11.6 Å². The van der Waals surface area contributed by atoms with E-state index in [0.29, 0.717) is 12.1 Å². The van der Waals surface area contributed by atoms with Gasteiger partial charge in [-0.05, 0) is 29.8 Å². The van der Waals surface area contributed by atoms with Crippen molar-refractivity contribution in [3.63, 3.8) is 0 Å². The fraction of sp³-hybridized carbons (Fsp3) is 0.200. The summed E-state index contributed by atoms with van der Waals surface area (Å²) in [6, 6.07) is 3.55. The zero-order valence-electron chi connectivity index (χ0n) is 12.1. The zero-order valence-corrected chi connectivity index (χ0v) is 12.8. The number of halogens is 8. The Morgan fingerprint density at radius 2 is 1.52 bits per heavy atom. The lowest BCUT2D eigenvalue weighted by Crippen LogP contribution is -2.18. The second kappa shape index (κ2) is 6.72. The third kappa shape index (κ3) is 4.76. The largest absolute Gasteiger partial charge is 0.573 e.